The van der Waals surface area contributed by atoms with Gasteiger partial charge in [0.25, 0.3) is 5.91 Å². The summed E-state index contributed by atoms with van der Waals surface area (Å²) in [6, 6.07) is 6.77. The second-order valence-corrected chi connectivity index (χ2v) is 2.73. The Morgan fingerprint density at radius 3 is 2.29 bits per heavy atom. The Kier molecular flexibility index (Phi) is 4.80. The molecule has 4 N–H and O–H groups in total. The summed E-state index contributed by atoms with van der Waals surface area (Å²) >= 11 is 0. The Hall–Kier alpha value is -1.42. The smallest absolute Gasteiger partial charge is 0.258 e. The van der Waals surface area contributed by atoms with Crippen molar-refractivity contribution in [2.24, 2.45) is 5.73 Å². The van der Waals surface area contributed by atoms with Crippen LogP contribution in [0.3, 0.4) is 0 Å². The number of hydrogen-bond donors (Lipinski definition) is 2. The fourth-order valence-corrected chi connectivity index (χ4v) is 0.809. The molecule has 4 nitrogen and oxygen atoms in total. The molecule has 14 heavy (non-hydrogen) atoms. The topological polar surface area (TPSA) is 78.3 Å². The fraction of sp³-hybridized carbons (Fsp3) is 0.222. The van der Waals surface area contributed by atoms with Crippen LogP contribution in [-0.2, 0) is 4.79 Å². The summed E-state index contributed by atoms with van der Waals surface area (Å²) in [7, 11) is 0. The molecule has 0 aromatic heterocycles. The van der Waals surface area contributed by atoms with Crippen molar-refractivity contribution in [2.45, 2.75) is 13.0 Å². The molecule has 0 fully saturated rings. The van der Waals surface area contributed by atoms with E-state index in [4.69, 9.17) is 16.2 Å². The van der Waals surface area contributed by atoms with Crippen LogP contribution in [0.2, 0.25) is 0 Å². The number of anilines is 1. The van der Waals surface area contributed by atoms with Crippen LogP contribution in [0.1, 0.15) is 6.92 Å². The number of benzene rings is 1. The molecule has 0 bridgehead atoms. The van der Waals surface area contributed by atoms with E-state index in [1.165, 1.54) is 0 Å². The van der Waals surface area contributed by atoms with Crippen molar-refractivity contribution >= 4 is 24.0 Å². The van der Waals surface area contributed by atoms with Crippen molar-refractivity contribution in [3.05, 3.63) is 24.3 Å². The summed E-state index contributed by atoms with van der Waals surface area (Å²) in [6.45, 7) is 1.60. The first-order valence-corrected chi connectivity index (χ1v) is 3.91. The first-order valence-electron chi connectivity index (χ1n) is 3.91. The predicted octanol–water partition coefficient (Wildman–Crippen LogP) is 0.943. The Morgan fingerprint density at radius 2 is 1.86 bits per heavy atom. The molecule has 0 aliphatic heterocycles. The lowest BCUT2D eigenvalue weighted by molar-refractivity contribution is -0.123. The van der Waals surface area contributed by atoms with Crippen LogP contribution in [-0.4, -0.2) is 12.0 Å². The Labute approximate surface area is 88.6 Å². The fourth-order valence-electron chi connectivity index (χ4n) is 0.809. The molecule has 0 radical (unpaired) electrons. The Bertz CT molecular complexity index is 300. The maximum absolute atomic E-state index is 10.6. The summed E-state index contributed by atoms with van der Waals surface area (Å²) in [5, 5.41) is 0. The van der Waals surface area contributed by atoms with Crippen LogP contribution in [0.15, 0.2) is 24.3 Å². The molecular weight excluding hydrogens is 204 g/mol. The molecule has 1 atom stereocenters. The number of carbonyl (C=O) groups excluding carboxylic acids is 1. The zero-order chi connectivity index (χ0) is 9.84. The van der Waals surface area contributed by atoms with E-state index < -0.39 is 12.0 Å². The zero-order valence-electron chi connectivity index (χ0n) is 7.77. The summed E-state index contributed by atoms with van der Waals surface area (Å²) in [5.74, 6) is 0.0947. The van der Waals surface area contributed by atoms with Crippen LogP contribution >= 0.6 is 12.4 Å². The van der Waals surface area contributed by atoms with E-state index in [0.717, 1.165) is 0 Å². The third kappa shape index (κ3) is 3.53. The van der Waals surface area contributed by atoms with E-state index in [0.29, 0.717) is 11.4 Å². The first kappa shape index (κ1) is 12.6. The highest BCUT2D eigenvalue weighted by Crippen LogP contribution is 2.14. The van der Waals surface area contributed by atoms with Gasteiger partial charge in [-0.25, -0.2) is 0 Å². The zero-order valence-corrected chi connectivity index (χ0v) is 8.58. The molecule has 1 aromatic rings. The van der Waals surface area contributed by atoms with Gasteiger partial charge >= 0.3 is 0 Å². The van der Waals surface area contributed by atoms with Crippen LogP contribution in [0, 0.1) is 0 Å². The van der Waals surface area contributed by atoms with E-state index in [9.17, 15) is 4.79 Å². The van der Waals surface area contributed by atoms with Gasteiger partial charge in [0.05, 0.1) is 0 Å². The number of nitrogen functional groups attached to an aromatic ring is 1. The first-order chi connectivity index (χ1) is 6.09. The van der Waals surface area contributed by atoms with Gasteiger partial charge in [0.2, 0.25) is 0 Å². The van der Waals surface area contributed by atoms with Gasteiger partial charge in [-0.15, -0.1) is 12.4 Å². The van der Waals surface area contributed by atoms with Crippen molar-refractivity contribution in [3.63, 3.8) is 0 Å². The molecule has 0 unspecified atom stereocenters. The van der Waals surface area contributed by atoms with E-state index in [-0.39, 0.29) is 12.4 Å². The molecule has 0 saturated heterocycles. The Morgan fingerprint density at radius 1 is 1.36 bits per heavy atom. The van der Waals surface area contributed by atoms with Crippen LogP contribution in [0.4, 0.5) is 5.69 Å². The van der Waals surface area contributed by atoms with Crippen LogP contribution < -0.4 is 16.2 Å². The standard InChI is InChI=1S/C9H12N2O2.ClH/c1-6(9(11)12)13-8-4-2-7(10)3-5-8;/h2-6H,10H2,1H3,(H2,11,12);1H/t6-;/m1./s1. The number of halogens is 1. The highest BCUT2D eigenvalue weighted by molar-refractivity contribution is 5.85. The lowest BCUT2D eigenvalue weighted by Gasteiger charge is -2.10. The number of carbonyl (C=O) groups is 1. The molecule has 78 valence electrons. The van der Waals surface area contributed by atoms with Gasteiger partial charge < -0.3 is 16.2 Å². The van der Waals surface area contributed by atoms with E-state index >= 15 is 0 Å². The lowest BCUT2D eigenvalue weighted by Crippen LogP contribution is -2.30. The van der Waals surface area contributed by atoms with Gasteiger partial charge in [0, 0.05) is 5.69 Å². The number of amides is 1. The van der Waals surface area contributed by atoms with E-state index in [1.807, 2.05) is 0 Å². The third-order valence-electron chi connectivity index (χ3n) is 1.59. The van der Waals surface area contributed by atoms with Crippen molar-refractivity contribution in [2.75, 3.05) is 5.73 Å². The van der Waals surface area contributed by atoms with Crippen LogP contribution in [0.5, 0.6) is 5.75 Å². The average Bonchev–Trinajstić information content (AvgIpc) is 2.08. The summed E-state index contributed by atoms with van der Waals surface area (Å²) in [4.78, 5) is 10.6. The van der Waals surface area contributed by atoms with Gasteiger partial charge in [-0.3, -0.25) is 4.79 Å². The second-order valence-electron chi connectivity index (χ2n) is 2.73. The van der Waals surface area contributed by atoms with Gasteiger partial charge in [-0.05, 0) is 31.2 Å². The highest BCUT2D eigenvalue weighted by atomic mass is 35.5. The van der Waals surface area contributed by atoms with E-state index in [1.54, 1.807) is 31.2 Å². The maximum atomic E-state index is 10.6. The molecule has 0 saturated carbocycles. The van der Waals surface area contributed by atoms with Crippen molar-refractivity contribution in [1.29, 1.82) is 0 Å². The quantitative estimate of drug-likeness (QED) is 0.739. The van der Waals surface area contributed by atoms with Crippen molar-refractivity contribution < 1.29 is 9.53 Å². The molecular formula is C9H13ClN2O2. The molecule has 1 aromatic carbocycles. The minimum absolute atomic E-state index is 0. The van der Waals surface area contributed by atoms with Gasteiger partial charge in [-0.1, -0.05) is 0 Å². The van der Waals surface area contributed by atoms with Crippen molar-refractivity contribution in [1.82, 2.24) is 0 Å². The summed E-state index contributed by atoms with van der Waals surface area (Å²) < 4.78 is 5.20. The average molecular weight is 217 g/mol. The van der Waals surface area contributed by atoms with Crippen molar-refractivity contribution in [3.8, 4) is 5.75 Å². The molecule has 0 spiro atoms. The number of ether oxygens (including phenoxy) is 1. The predicted molar refractivity (Wildman–Crippen MR) is 57.4 cm³/mol. The van der Waals surface area contributed by atoms with E-state index in [2.05, 4.69) is 0 Å². The second kappa shape index (κ2) is 5.34. The monoisotopic (exact) mass is 216 g/mol. The molecule has 1 rings (SSSR count). The Balaban J connectivity index is 0.00000169. The molecule has 1 amide bonds. The largest absolute Gasteiger partial charge is 0.481 e. The molecule has 5 heteroatoms. The normalized spacial score (nSPS) is 11.2. The molecule has 0 aliphatic rings. The number of nitrogens with two attached hydrogens (primary N) is 2. The minimum atomic E-state index is -0.622. The summed E-state index contributed by atoms with van der Waals surface area (Å²) in [6.07, 6.45) is -0.622. The maximum Gasteiger partial charge on any atom is 0.258 e. The van der Waals surface area contributed by atoms with Gasteiger partial charge in [-0.2, -0.15) is 0 Å². The molecule has 0 aliphatic carbocycles. The number of rotatable bonds is 3. The third-order valence-corrected chi connectivity index (χ3v) is 1.59. The molecule has 0 heterocycles. The van der Waals surface area contributed by atoms with Gasteiger partial charge in [0.15, 0.2) is 6.10 Å². The van der Waals surface area contributed by atoms with Gasteiger partial charge in [0.1, 0.15) is 5.75 Å². The highest BCUT2D eigenvalue weighted by Gasteiger charge is 2.09. The summed E-state index contributed by atoms with van der Waals surface area (Å²) in [5.41, 5.74) is 11.1. The lowest BCUT2D eigenvalue weighted by atomic mass is 10.3. The number of hydrogen-bond acceptors (Lipinski definition) is 3. The SMILES string of the molecule is C[C@@H](Oc1ccc(N)cc1)C(N)=O.Cl. The number of primary amides is 1. The van der Waals surface area contributed by atoms with Crippen LogP contribution in [0.25, 0.3) is 0 Å². The minimum Gasteiger partial charge on any atom is -0.481 e.